The van der Waals surface area contributed by atoms with Gasteiger partial charge in [-0.3, -0.25) is 0 Å². The Morgan fingerprint density at radius 3 is 3.04 bits per heavy atom. The van der Waals surface area contributed by atoms with Crippen molar-refractivity contribution in [2.24, 2.45) is 5.73 Å². The van der Waals surface area contributed by atoms with Crippen molar-refractivity contribution < 1.29 is 18.7 Å². The lowest BCUT2D eigenvalue weighted by Crippen LogP contribution is -2.10. The van der Waals surface area contributed by atoms with Gasteiger partial charge in [0, 0.05) is 36.7 Å². The molecule has 0 aliphatic heterocycles. The molecular weight excluding hydrogens is 337 g/mol. The van der Waals surface area contributed by atoms with E-state index in [1.807, 2.05) is 0 Å². The van der Waals surface area contributed by atoms with Gasteiger partial charge in [-0.15, -0.1) is 11.6 Å². The lowest BCUT2D eigenvalue weighted by molar-refractivity contribution is 0.285. The van der Waals surface area contributed by atoms with Crippen molar-refractivity contribution in [3.05, 3.63) is 30.1 Å². The van der Waals surface area contributed by atoms with E-state index in [1.165, 1.54) is 0 Å². The van der Waals surface area contributed by atoms with E-state index in [4.69, 9.17) is 31.6 Å². The number of aromatic nitrogens is 1. The van der Waals surface area contributed by atoms with Crippen LogP contribution in [0.4, 0.5) is 10.4 Å². The SMILES string of the molecule is NC/C(=C/F)COc1ccc2nc(NCCC(Cl)CCO)oc2c1. The number of oxazole rings is 1. The minimum Gasteiger partial charge on any atom is -0.489 e. The van der Waals surface area contributed by atoms with E-state index in [9.17, 15) is 4.39 Å². The second-order valence-electron chi connectivity index (χ2n) is 5.23. The molecule has 1 unspecified atom stereocenters. The fraction of sp³-hybridized carbons (Fsp3) is 0.438. The molecule has 6 nitrogen and oxygen atoms in total. The Hall–Kier alpha value is -1.83. The summed E-state index contributed by atoms with van der Waals surface area (Å²) >= 11 is 6.02. The normalized spacial score (nSPS) is 13.2. The monoisotopic (exact) mass is 357 g/mol. The molecule has 0 saturated heterocycles. The highest BCUT2D eigenvalue weighted by molar-refractivity contribution is 6.20. The van der Waals surface area contributed by atoms with Crippen LogP contribution in [-0.2, 0) is 0 Å². The Bertz CT molecular complexity index is 678. The zero-order valence-corrected chi connectivity index (χ0v) is 13.9. The molecule has 1 atom stereocenters. The third kappa shape index (κ3) is 5.36. The molecule has 0 spiro atoms. The number of fused-ring (bicyclic) bond motifs is 1. The average Bonchev–Trinajstić information content (AvgIpc) is 2.98. The Kier molecular flexibility index (Phi) is 7.30. The molecule has 4 N–H and O–H groups in total. The molecule has 0 aliphatic rings. The van der Waals surface area contributed by atoms with Crippen LogP contribution in [0.1, 0.15) is 12.8 Å². The first-order valence-corrected chi connectivity index (χ1v) is 8.10. The molecule has 24 heavy (non-hydrogen) atoms. The van der Waals surface area contributed by atoms with Gasteiger partial charge < -0.3 is 25.3 Å². The minimum atomic E-state index is -0.0906. The van der Waals surface area contributed by atoms with Crippen LogP contribution in [0.5, 0.6) is 5.75 Å². The second-order valence-corrected chi connectivity index (χ2v) is 5.85. The average molecular weight is 358 g/mol. The summed E-state index contributed by atoms with van der Waals surface area (Å²) in [6.45, 7) is 0.849. The molecular formula is C16H21ClFN3O3. The first kappa shape index (κ1) is 18.5. The van der Waals surface area contributed by atoms with Crippen LogP contribution in [0, 0.1) is 0 Å². The summed E-state index contributed by atoms with van der Waals surface area (Å²) < 4.78 is 23.5. The minimum absolute atomic E-state index is 0.0727. The molecule has 2 rings (SSSR count). The van der Waals surface area contributed by atoms with Gasteiger partial charge in [-0.05, 0) is 25.0 Å². The summed E-state index contributed by atoms with van der Waals surface area (Å²) in [6, 6.07) is 5.57. The lowest BCUT2D eigenvalue weighted by atomic mass is 10.2. The van der Waals surface area contributed by atoms with Crippen LogP contribution in [0.15, 0.2) is 34.5 Å². The van der Waals surface area contributed by atoms with Gasteiger partial charge >= 0.3 is 0 Å². The Morgan fingerprint density at radius 2 is 2.33 bits per heavy atom. The zero-order valence-electron chi connectivity index (χ0n) is 13.2. The van der Waals surface area contributed by atoms with E-state index in [2.05, 4.69) is 10.3 Å². The van der Waals surface area contributed by atoms with Crippen LogP contribution in [0.25, 0.3) is 11.1 Å². The van der Waals surface area contributed by atoms with Crippen LogP contribution in [0.2, 0.25) is 0 Å². The zero-order chi connectivity index (χ0) is 17.4. The maximum Gasteiger partial charge on any atom is 0.295 e. The maximum absolute atomic E-state index is 12.5. The number of alkyl halides is 1. The highest BCUT2D eigenvalue weighted by Gasteiger charge is 2.09. The second kappa shape index (κ2) is 9.46. The molecule has 0 amide bonds. The number of nitrogens with two attached hydrogens (primary N) is 1. The molecule has 1 heterocycles. The van der Waals surface area contributed by atoms with Gasteiger partial charge in [0.25, 0.3) is 6.01 Å². The maximum atomic E-state index is 12.5. The van der Waals surface area contributed by atoms with Gasteiger partial charge in [0.15, 0.2) is 5.58 Å². The Balaban J connectivity index is 1.93. The summed E-state index contributed by atoms with van der Waals surface area (Å²) in [6.07, 6.45) is 1.69. The number of aliphatic hydroxyl groups is 1. The predicted molar refractivity (Wildman–Crippen MR) is 92.2 cm³/mol. The van der Waals surface area contributed by atoms with Crippen molar-refractivity contribution in [3.63, 3.8) is 0 Å². The first-order chi connectivity index (χ1) is 11.7. The van der Waals surface area contributed by atoms with E-state index < -0.39 is 0 Å². The van der Waals surface area contributed by atoms with E-state index in [0.29, 0.717) is 54.2 Å². The van der Waals surface area contributed by atoms with Crippen molar-refractivity contribution in [2.45, 2.75) is 18.2 Å². The molecule has 0 aliphatic carbocycles. The van der Waals surface area contributed by atoms with Gasteiger partial charge in [-0.25, -0.2) is 4.39 Å². The van der Waals surface area contributed by atoms with Gasteiger partial charge in [-0.2, -0.15) is 4.98 Å². The van der Waals surface area contributed by atoms with Gasteiger partial charge in [-0.1, -0.05) is 0 Å². The molecule has 8 heteroatoms. The van der Waals surface area contributed by atoms with Gasteiger partial charge in [0.05, 0.1) is 6.33 Å². The van der Waals surface area contributed by atoms with E-state index in [0.717, 1.165) is 0 Å². The van der Waals surface area contributed by atoms with Crippen molar-refractivity contribution in [3.8, 4) is 5.75 Å². The smallest absolute Gasteiger partial charge is 0.295 e. The number of anilines is 1. The van der Waals surface area contributed by atoms with Gasteiger partial charge in [0.2, 0.25) is 0 Å². The van der Waals surface area contributed by atoms with Gasteiger partial charge in [0.1, 0.15) is 17.9 Å². The van der Waals surface area contributed by atoms with Crippen LogP contribution in [0.3, 0.4) is 0 Å². The number of benzene rings is 1. The van der Waals surface area contributed by atoms with Crippen LogP contribution >= 0.6 is 11.6 Å². The Labute approximate surface area is 144 Å². The number of hydrogen-bond acceptors (Lipinski definition) is 6. The molecule has 0 bridgehead atoms. The number of rotatable bonds is 10. The molecule has 1 aromatic carbocycles. The summed E-state index contributed by atoms with van der Waals surface area (Å²) in [4.78, 5) is 4.31. The fourth-order valence-electron chi connectivity index (χ4n) is 2.00. The molecule has 0 saturated carbocycles. The van der Waals surface area contributed by atoms with Crippen LogP contribution < -0.4 is 15.8 Å². The predicted octanol–water partition coefficient (Wildman–Crippen LogP) is 2.81. The highest BCUT2D eigenvalue weighted by Crippen LogP contribution is 2.24. The van der Waals surface area contributed by atoms with Crippen LogP contribution in [-0.4, -0.2) is 41.8 Å². The largest absolute Gasteiger partial charge is 0.489 e. The first-order valence-electron chi connectivity index (χ1n) is 7.66. The third-order valence-corrected chi connectivity index (χ3v) is 3.81. The van der Waals surface area contributed by atoms with E-state index in [-0.39, 0.29) is 25.1 Å². The Morgan fingerprint density at radius 1 is 1.50 bits per heavy atom. The number of ether oxygens (including phenoxy) is 1. The molecule has 132 valence electrons. The van der Waals surface area contributed by atoms with Crippen molar-refractivity contribution in [1.82, 2.24) is 4.98 Å². The third-order valence-electron chi connectivity index (χ3n) is 3.38. The number of nitrogens with zero attached hydrogens (tertiary/aromatic N) is 1. The molecule has 0 fully saturated rings. The molecule has 1 aromatic heterocycles. The summed E-state index contributed by atoms with van der Waals surface area (Å²) in [5.41, 5.74) is 6.99. The van der Waals surface area contributed by atoms with Crippen molar-refractivity contribution in [2.75, 3.05) is 31.6 Å². The standard InChI is InChI=1S/C16H21ClFN3O3/c17-12(4-6-22)3-5-20-16-21-14-2-1-13(7-15(14)24-16)23-10-11(8-18)9-19/h1-2,7-8,12,22H,3-6,9-10,19H2,(H,20,21)/b11-8-. The summed E-state index contributed by atoms with van der Waals surface area (Å²) in [5, 5.41) is 11.8. The quantitative estimate of drug-likeness (QED) is 0.566. The number of aliphatic hydroxyl groups excluding tert-OH is 1. The fourth-order valence-corrected chi connectivity index (χ4v) is 2.21. The number of halogens is 2. The van der Waals surface area contributed by atoms with Crippen molar-refractivity contribution in [1.29, 1.82) is 0 Å². The van der Waals surface area contributed by atoms with E-state index in [1.54, 1.807) is 18.2 Å². The molecule has 0 radical (unpaired) electrons. The number of nitrogens with one attached hydrogen (secondary N) is 1. The lowest BCUT2D eigenvalue weighted by Gasteiger charge is -2.06. The summed E-state index contributed by atoms with van der Waals surface area (Å²) in [7, 11) is 0. The van der Waals surface area contributed by atoms with Crippen molar-refractivity contribution >= 4 is 28.7 Å². The number of hydrogen-bond donors (Lipinski definition) is 3. The highest BCUT2D eigenvalue weighted by atomic mass is 35.5. The van der Waals surface area contributed by atoms with E-state index >= 15 is 0 Å². The topological polar surface area (TPSA) is 93.5 Å². The molecule has 2 aromatic rings. The summed E-state index contributed by atoms with van der Waals surface area (Å²) in [5.74, 6) is 0.543.